The molecule has 1 aliphatic heterocycles. The molecule has 1 aromatic carbocycles. The molecule has 2 rings (SSSR count). The molecular weight excluding hydrogens is 363 g/mol. The zero-order chi connectivity index (χ0) is 20.1. The first-order valence-corrected chi connectivity index (χ1v) is 8.90. The van der Waals surface area contributed by atoms with Gasteiger partial charge in [0.15, 0.2) is 5.41 Å². The summed E-state index contributed by atoms with van der Waals surface area (Å²) in [6.07, 6.45) is -2.27. The van der Waals surface area contributed by atoms with Crippen molar-refractivity contribution in [1.29, 1.82) is 0 Å². The second-order valence-corrected chi connectivity index (χ2v) is 6.86. The van der Waals surface area contributed by atoms with E-state index in [0.717, 1.165) is 35.5 Å². The predicted molar refractivity (Wildman–Crippen MR) is 92.5 cm³/mol. The summed E-state index contributed by atoms with van der Waals surface area (Å²) in [5.41, 5.74) is -1.69. The van der Waals surface area contributed by atoms with E-state index in [1.807, 2.05) is 24.3 Å². The fourth-order valence-electron chi connectivity index (χ4n) is 3.28. The van der Waals surface area contributed by atoms with E-state index < -0.39 is 36.4 Å². The average Bonchev–Trinajstić information content (AvgIpc) is 3.09. The molecule has 1 unspecified atom stereocenters. The molecule has 0 saturated carbocycles. The van der Waals surface area contributed by atoms with Gasteiger partial charge in [-0.2, -0.15) is 13.2 Å². The number of carboxylic acid groups (broad SMARTS) is 1. The van der Waals surface area contributed by atoms with Gasteiger partial charge in [-0.3, -0.25) is 9.59 Å². The van der Waals surface area contributed by atoms with E-state index in [9.17, 15) is 22.8 Å². The van der Waals surface area contributed by atoms with Crippen LogP contribution in [0.15, 0.2) is 24.3 Å². The highest BCUT2D eigenvalue weighted by molar-refractivity contribution is 5.81. The van der Waals surface area contributed by atoms with E-state index in [2.05, 4.69) is 0 Å². The number of halogens is 3. The lowest BCUT2D eigenvalue weighted by atomic mass is 9.86. The highest BCUT2D eigenvalue weighted by atomic mass is 19.4. The molecule has 1 aromatic rings. The molecule has 0 aromatic heterocycles. The second-order valence-electron chi connectivity index (χ2n) is 6.86. The van der Waals surface area contributed by atoms with Crippen LogP contribution in [0.2, 0.25) is 0 Å². The molecule has 150 valence electrons. The van der Waals surface area contributed by atoms with Crippen LogP contribution in [0.5, 0.6) is 5.75 Å². The number of ether oxygens (including phenoxy) is 1. The van der Waals surface area contributed by atoms with E-state index in [-0.39, 0.29) is 13.0 Å². The van der Waals surface area contributed by atoms with Gasteiger partial charge in [0.25, 0.3) is 0 Å². The molecule has 1 fully saturated rings. The molecule has 1 aliphatic rings. The van der Waals surface area contributed by atoms with Gasteiger partial charge in [0.05, 0.1) is 7.11 Å². The van der Waals surface area contributed by atoms with Crippen molar-refractivity contribution in [2.45, 2.75) is 44.7 Å². The van der Waals surface area contributed by atoms with E-state index in [4.69, 9.17) is 9.84 Å². The van der Waals surface area contributed by atoms with Crippen molar-refractivity contribution >= 4 is 11.9 Å². The Morgan fingerprint density at radius 2 is 1.85 bits per heavy atom. The third-order valence-corrected chi connectivity index (χ3v) is 5.09. The summed E-state index contributed by atoms with van der Waals surface area (Å²) in [4.78, 5) is 24.3. The molecule has 1 atom stereocenters. The van der Waals surface area contributed by atoms with Crippen LogP contribution >= 0.6 is 0 Å². The van der Waals surface area contributed by atoms with Gasteiger partial charge in [-0.1, -0.05) is 18.6 Å². The number of unbranched alkanes of at least 4 members (excludes halogenated alkanes) is 2. The number of likely N-dealkylation sites (tertiary alicyclic amines) is 1. The normalized spacial score (nSPS) is 19.9. The fraction of sp³-hybridized carbons (Fsp3) is 0.579. The maximum Gasteiger partial charge on any atom is 0.406 e. The third-order valence-electron chi connectivity index (χ3n) is 5.09. The number of carboxylic acids is 1. The van der Waals surface area contributed by atoms with E-state index in [1.165, 1.54) is 0 Å². The summed E-state index contributed by atoms with van der Waals surface area (Å²) in [6.45, 7) is -0.965. The Morgan fingerprint density at radius 1 is 1.19 bits per heavy atom. The minimum Gasteiger partial charge on any atom is -0.497 e. The molecule has 1 heterocycles. The van der Waals surface area contributed by atoms with Crippen molar-refractivity contribution in [3.05, 3.63) is 29.8 Å². The molecule has 0 aliphatic carbocycles. The molecule has 27 heavy (non-hydrogen) atoms. The summed E-state index contributed by atoms with van der Waals surface area (Å²) < 4.78 is 44.5. The van der Waals surface area contributed by atoms with Gasteiger partial charge in [0.1, 0.15) is 5.75 Å². The molecule has 1 amide bonds. The monoisotopic (exact) mass is 387 g/mol. The highest BCUT2D eigenvalue weighted by Crippen LogP contribution is 2.45. The Morgan fingerprint density at radius 3 is 2.37 bits per heavy atom. The molecular formula is C19H24F3NO4. The van der Waals surface area contributed by atoms with Crippen LogP contribution in [0.1, 0.15) is 37.7 Å². The zero-order valence-electron chi connectivity index (χ0n) is 15.2. The van der Waals surface area contributed by atoms with Gasteiger partial charge in [0.2, 0.25) is 5.91 Å². The number of benzene rings is 1. The largest absolute Gasteiger partial charge is 0.497 e. The quantitative estimate of drug-likeness (QED) is 0.692. The number of carbonyl (C=O) groups excluding carboxylic acids is 1. The number of hydrogen-bond donors (Lipinski definition) is 1. The molecule has 1 N–H and O–H groups in total. The summed E-state index contributed by atoms with van der Waals surface area (Å²) in [5, 5.41) is 9.02. The van der Waals surface area contributed by atoms with Crippen LogP contribution in [0.4, 0.5) is 13.2 Å². The minimum atomic E-state index is -4.87. The Hall–Kier alpha value is -2.25. The molecule has 5 nitrogen and oxygen atoms in total. The Balaban J connectivity index is 1.74. The van der Waals surface area contributed by atoms with E-state index in [1.54, 1.807) is 7.11 Å². The van der Waals surface area contributed by atoms with Gasteiger partial charge >= 0.3 is 12.1 Å². The van der Waals surface area contributed by atoms with Crippen LogP contribution < -0.4 is 4.74 Å². The van der Waals surface area contributed by atoms with Crippen LogP contribution in [0, 0.1) is 5.41 Å². The summed E-state index contributed by atoms with van der Waals surface area (Å²) >= 11 is 0. The molecule has 0 radical (unpaired) electrons. The van der Waals surface area contributed by atoms with Gasteiger partial charge in [-0.15, -0.1) is 0 Å². The van der Waals surface area contributed by atoms with Crippen molar-refractivity contribution in [2.24, 2.45) is 5.41 Å². The first kappa shape index (κ1) is 21.1. The molecule has 8 heteroatoms. The van der Waals surface area contributed by atoms with Gasteiger partial charge in [-0.25, -0.2) is 0 Å². The summed E-state index contributed by atoms with van der Waals surface area (Å²) in [6, 6.07) is 7.69. The first-order chi connectivity index (χ1) is 12.7. The molecule has 0 bridgehead atoms. The molecule has 0 spiro atoms. The Bertz CT molecular complexity index is 660. The second kappa shape index (κ2) is 8.63. The zero-order valence-corrected chi connectivity index (χ0v) is 15.2. The lowest BCUT2D eigenvalue weighted by Gasteiger charge is -2.27. The number of carbonyl (C=O) groups is 2. The average molecular weight is 387 g/mol. The maximum atomic E-state index is 13.1. The van der Waals surface area contributed by atoms with Gasteiger partial charge < -0.3 is 14.7 Å². The number of hydrogen-bond acceptors (Lipinski definition) is 3. The van der Waals surface area contributed by atoms with Crippen LogP contribution in [-0.2, 0) is 16.0 Å². The number of aryl methyl sites for hydroxylation is 1. The fourth-order valence-corrected chi connectivity index (χ4v) is 3.28. The topological polar surface area (TPSA) is 66.8 Å². The minimum absolute atomic E-state index is 0.135. The standard InChI is InChI=1S/C19H24F3NO4/c1-27-15-9-7-14(8-10-15)5-3-2-4-6-16(24)23-12-11-18(13-23,17(25)26)19(20,21)22/h7-10H,2-6,11-13H2,1H3,(H,25,26). The van der Waals surface area contributed by atoms with Crippen molar-refractivity contribution in [2.75, 3.05) is 20.2 Å². The number of methoxy groups -OCH3 is 1. The highest BCUT2D eigenvalue weighted by Gasteiger charge is 2.64. The van der Waals surface area contributed by atoms with Crippen molar-refractivity contribution in [1.82, 2.24) is 4.90 Å². The summed E-state index contributed by atoms with van der Waals surface area (Å²) in [5.74, 6) is -1.54. The third kappa shape index (κ3) is 4.93. The number of aliphatic carboxylic acids is 1. The Labute approximate surface area is 156 Å². The first-order valence-electron chi connectivity index (χ1n) is 8.90. The van der Waals surface area contributed by atoms with E-state index in [0.29, 0.717) is 6.42 Å². The number of rotatable bonds is 8. The number of alkyl halides is 3. The van der Waals surface area contributed by atoms with Crippen molar-refractivity contribution in [3.8, 4) is 5.75 Å². The summed E-state index contributed by atoms with van der Waals surface area (Å²) in [7, 11) is 1.60. The maximum absolute atomic E-state index is 13.1. The lowest BCUT2D eigenvalue weighted by Crippen LogP contribution is -2.47. The predicted octanol–water partition coefficient (Wildman–Crippen LogP) is 3.66. The molecule has 1 saturated heterocycles. The number of amides is 1. The van der Waals surface area contributed by atoms with Crippen molar-refractivity contribution < 1.29 is 32.6 Å². The van der Waals surface area contributed by atoms with Crippen LogP contribution in [-0.4, -0.2) is 48.3 Å². The van der Waals surface area contributed by atoms with Crippen molar-refractivity contribution in [3.63, 3.8) is 0 Å². The Kier molecular flexibility index (Phi) is 6.73. The van der Waals surface area contributed by atoms with Crippen LogP contribution in [0.3, 0.4) is 0 Å². The SMILES string of the molecule is COc1ccc(CCCCCC(=O)N2CCC(C(=O)O)(C(F)(F)F)C2)cc1. The van der Waals surface area contributed by atoms with E-state index >= 15 is 0 Å². The smallest absolute Gasteiger partial charge is 0.406 e. The lowest BCUT2D eigenvalue weighted by molar-refractivity contribution is -0.227. The van der Waals surface area contributed by atoms with Gasteiger partial charge in [0, 0.05) is 19.5 Å². The number of nitrogens with zero attached hydrogens (tertiary/aromatic N) is 1. The van der Waals surface area contributed by atoms with Gasteiger partial charge in [-0.05, 0) is 43.4 Å². The van der Waals surface area contributed by atoms with Crippen LogP contribution in [0.25, 0.3) is 0 Å².